The Bertz CT molecular complexity index is 1140. The molecule has 1 aliphatic carbocycles. The first kappa shape index (κ1) is 22.3. The first-order chi connectivity index (χ1) is 15.9. The summed E-state index contributed by atoms with van der Waals surface area (Å²) in [5.41, 5.74) is 5.06. The summed E-state index contributed by atoms with van der Waals surface area (Å²) in [7, 11) is 0. The number of nitrogens with one attached hydrogen (secondary N) is 2. The fourth-order valence-electron chi connectivity index (χ4n) is 5.11. The van der Waals surface area contributed by atoms with Gasteiger partial charge in [-0.05, 0) is 57.7 Å². The van der Waals surface area contributed by atoms with E-state index >= 15 is 0 Å². The lowest BCUT2D eigenvalue weighted by Crippen LogP contribution is -2.63. The molecule has 7 nitrogen and oxygen atoms in total. The van der Waals surface area contributed by atoms with Crippen molar-refractivity contribution >= 4 is 33.8 Å². The molecule has 0 radical (unpaired) electrons. The second-order valence-electron chi connectivity index (χ2n) is 9.53. The zero-order valence-corrected chi connectivity index (χ0v) is 20.0. The van der Waals surface area contributed by atoms with Gasteiger partial charge in [-0.15, -0.1) is 11.3 Å². The second kappa shape index (κ2) is 9.00. The molecule has 1 saturated heterocycles. The molecule has 1 amide bonds. The van der Waals surface area contributed by atoms with Crippen LogP contribution in [0.25, 0.3) is 10.9 Å². The van der Waals surface area contributed by atoms with Crippen LogP contribution >= 0.6 is 11.3 Å². The van der Waals surface area contributed by atoms with Gasteiger partial charge in [0.05, 0.1) is 28.5 Å². The quantitative estimate of drug-likeness (QED) is 0.517. The molecule has 0 unspecified atom stereocenters. The van der Waals surface area contributed by atoms with Gasteiger partial charge in [0.25, 0.3) is 0 Å². The van der Waals surface area contributed by atoms with Gasteiger partial charge in [-0.2, -0.15) is 0 Å². The van der Waals surface area contributed by atoms with Crippen molar-refractivity contribution in [1.29, 1.82) is 0 Å². The van der Waals surface area contributed by atoms with Crippen LogP contribution in [0, 0.1) is 13.8 Å². The predicted octanol–water partition coefficient (Wildman–Crippen LogP) is 3.35. The van der Waals surface area contributed by atoms with E-state index < -0.39 is 5.60 Å². The molecule has 0 atom stereocenters. The molecule has 1 saturated carbocycles. The van der Waals surface area contributed by atoms with Crippen LogP contribution in [0.3, 0.4) is 0 Å². The lowest BCUT2D eigenvalue weighted by atomic mass is 9.80. The molecule has 1 aliphatic heterocycles. The number of nitrogens with zero attached hydrogens (tertiary/aromatic N) is 3. The number of fused-ring (bicyclic) bond motifs is 1. The molecule has 2 fully saturated rings. The van der Waals surface area contributed by atoms with E-state index in [0.29, 0.717) is 6.04 Å². The Hall–Kier alpha value is -2.55. The third-order valence-corrected chi connectivity index (χ3v) is 7.96. The maximum Gasteiger partial charge on any atom is 0.239 e. The second-order valence-corrected chi connectivity index (χ2v) is 10.4. The highest BCUT2D eigenvalue weighted by Gasteiger charge is 2.40. The topological polar surface area (TPSA) is 90.4 Å². The van der Waals surface area contributed by atoms with E-state index in [0.717, 1.165) is 65.9 Å². The summed E-state index contributed by atoms with van der Waals surface area (Å²) < 4.78 is 0. The molecule has 0 bridgehead atoms. The van der Waals surface area contributed by atoms with Crippen molar-refractivity contribution in [3.8, 4) is 0 Å². The highest BCUT2D eigenvalue weighted by molar-refractivity contribution is 7.09. The molecule has 174 valence electrons. The van der Waals surface area contributed by atoms with Crippen molar-refractivity contribution in [2.75, 3.05) is 25.0 Å². The van der Waals surface area contributed by atoms with Crippen molar-refractivity contribution in [2.45, 2.75) is 57.2 Å². The Balaban J connectivity index is 1.09. The number of aliphatic hydroxyl groups is 1. The molecule has 3 heterocycles. The number of thiazole rings is 1. The average molecular weight is 466 g/mol. The third kappa shape index (κ3) is 4.74. The number of rotatable bonds is 6. The van der Waals surface area contributed by atoms with Crippen molar-refractivity contribution in [1.82, 2.24) is 20.2 Å². The molecule has 0 spiro atoms. The van der Waals surface area contributed by atoms with Crippen molar-refractivity contribution in [3.63, 3.8) is 0 Å². The number of anilines is 1. The maximum absolute atomic E-state index is 12.6. The van der Waals surface area contributed by atoms with Crippen LogP contribution in [-0.4, -0.2) is 57.6 Å². The van der Waals surface area contributed by atoms with E-state index in [1.807, 2.05) is 19.1 Å². The van der Waals surface area contributed by atoms with Crippen LogP contribution in [0.2, 0.25) is 0 Å². The molecular weight excluding hydrogens is 434 g/mol. The molecule has 1 aromatic carbocycles. The van der Waals surface area contributed by atoms with E-state index in [4.69, 9.17) is 0 Å². The minimum absolute atomic E-state index is 0.0122. The number of likely N-dealkylation sites (tertiary alicyclic amines) is 1. The number of pyridine rings is 1. The molecular formula is C25H31N5O2S. The normalized spacial score (nSPS) is 23.9. The van der Waals surface area contributed by atoms with E-state index in [1.165, 1.54) is 16.9 Å². The van der Waals surface area contributed by atoms with E-state index in [9.17, 15) is 9.90 Å². The Kier molecular flexibility index (Phi) is 6.07. The van der Waals surface area contributed by atoms with Crippen LogP contribution in [0.5, 0.6) is 0 Å². The fraction of sp³-hybridized carbons (Fsp3) is 0.480. The van der Waals surface area contributed by atoms with Gasteiger partial charge in [0.15, 0.2) is 0 Å². The summed E-state index contributed by atoms with van der Waals surface area (Å²) >= 11 is 1.54. The molecule has 8 heteroatoms. The number of amides is 1. The lowest BCUT2D eigenvalue weighted by molar-refractivity contribution is -0.121. The average Bonchev–Trinajstić information content (AvgIpc) is 3.31. The number of aryl methyl sites for hydroxylation is 2. The summed E-state index contributed by atoms with van der Waals surface area (Å²) in [6.07, 6.45) is 5.30. The van der Waals surface area contributed by atoms with Gasteiger partial charge in [-0.25, -0.2) is 0 Å². The van der Waals surface area contributed by atoms with Gasteiger partial charge in [-0.3, -0.25) is 19.7 Å². The summed E-state index contributed by atoms with van der Waals surface area (Å²) in [6.45, 7) is 6.04. The molecule has 3 aromatic rings. The van der Waals surface area contributed by atoms with Crippen molar-refractivity contribution in [3.05, 3.63) is 52.1 Å². The van der Waals surface area contributed by atoms with Crippen LogP contribution < -0.4 is 10.6 Å². The zero-order chi connectivity index (χ0) is 23.0. The van der Waals surface area contributed by atoms with E-state index in [1.54, 1.807) is 11.7 Å². The summed E-state index contributed by atoms with van der Waals surface area (Å²) in [5.74, 6) is 0.0122. The monoisotopic (exact) mass is 465 g/mol. The highest BCUT2D eigenvalue weighted by Crippen LogP contribution is 2.40. The fourth-order valence-corrected chi connectivity index (χ4v) is 5.89. The SMILES string of the molecule is Cc1ccc2nc(C)cc(NCC(=O)NC3CN(C4CCC(O)(c5cncs5)CC4)C3)c2c1. The summed E-state index contributed by atoms with van der Waals surface area (Å²) in [4.78, 5) is 24.7. The van der Waals surface area contributed by atoms with E-state index in [-0.39, 0.29) is 18.5 Å². The van der Waals surface area contributed by atoms with Crippen molar-refractivity contribution in [2.24, 2.45) is 0 Å². The Labute approximate surface area is 198 Å². The van der Waals surface area contributed by atoms with Gasteiger partial charge < -0.3 is 15.7 Å². The largest absolute Gasteiger partial charge is 0.384 e. The number of carbonyl (C=O) groups excluding carboxylic acids is 1. The molecule has 2 aliphatic rings. The zero-order valence-electron chi connectivity index (χ0n) is 19.2. The smallest absolute Gasteiger partial charge is 0.239 e. The number of hydrogen-bond acceptors (Lipinski definition) is 7. The number of carbonyl (C=O) groups is 1. The minimum Gasteiger partial charge on any atom is -0.384 e. The van der Waals surface area contributed by atoms with Crippen molar-refractivity contribution < 1.29 is 9.90 Å². The minimum atomic E-state index is -0.712. The molecule has 33 heavy (non-hydrogen) atoms. The summed E-state index contributed by atoms with van der Waals surface area (Å²) in [6, 6.07) is 8.86. The number of hydrogen-bond donors (Lipinski definition) is 3. The van der Waals surface area contributed by atoms with Gasteiger partial charge in [-0.1, -0.05) is 11.6 Å². The van der Waals surface area contributed by atoms with Crippen LogP contribution in [0.4, 0.5) is 5.69 Å². The number of aromatic nitrogens is 2. The van der Waals surface area contributed by atoms with Crippen LogP contribution in [-0.2, 0) is 10.4 Å². The molecule has 2 aromatic heterocycles. The maximum atomic E-state index is 12.6. The van der Waals surface area contributed by atoms with Crippen LogP contribution in [0.15, 0.2) is 36.0 Å². The van der Waals surface area contributed by atoms with Gasteiger partial charge >= 0.3 is 0 Å². The lowest BCUT2D eigenvalue weighted by Gasteiger charge is -2.48. The van der Waals surface area contributed by atoms with E-state index in [2.05, 4.69) is 44.6 Å². The Morgan fingerprint density at radius 1 is 1.24 bits per heavy atom. The molecule has 3 N–H and O–H groups in total. The van der Waals surface area contributed by atoms with Gasteiger partial charge in [0.2, 0.25) is 5.91 Å². The first-order valence-corrected chi connectivity index (χ1v) is 12.5. The van der Waals surface area contributed by atoms with Gasteiger partial charge in [0.1, 0.15) is 5.60 Å². The molecule has 5 rings (SSSR count). The standard InChI is InChI=1S/C25H31N5O2S/c1-16-3-4-21-20(9-16)22(10-17(2)28-21)27-12-24(31)29-18-13-30(14-18)19-5-7-25(32,8-6-19)23-11-26-15-33-23/h3-4,9-11,15,18-19,32H,5-8,12-14H2,1-2H3,(H,27,28)(H,29,31). The highest BCUT2D eigenvalue weighted by atomic mass is 32.1. The van der Waals surface area contributed by atoms with Crippen LogP contribution in [0.1, 0.15) is 41.8 Å². The predicted molar refractivity (Wildman–Crippen MR) is 131 cm³/mol. The Morgan fingerprint density at radius 3 is 2.76 bits per heavy atom. The van der Waals surface area contributed by atoms with Gasteiger partial charge in [0, 0.05) is 42.1 Å². The number of benzene rings is 1. The summed E-state index contributed by atoms with van der Waals surface area (Å²) in [5, 5.41) is 18.4. The Morgan fingerprint density at radius 2 is 2.03 bits per heavy atom. The third-order valence-electron chi connectivity index (χ3n) is 7.00. The first-order valence-electron chi connectivity index (χ1n) is 11.7.